The van der Waals surface area contributed by atoms with Crippen molar-refractivity contribution < 1.29 is 9.47 Å². The van der Waals surface area contributed by atoms with Crippen molar-refractivity contribution in [3.8, 4) is 0 Å². The molecule has 0 bridgehead atoms. The quantitative estimate of drug-likeness (QED) is 0.638. The van der Waals surface area contributed by atoms with Gasteiger partial charge in [-0.1, -0.05) is 0 Å². The van der Waals surface area contributed by atoms with E-state index >= 15 is 0 Å². The predicted octanol–water partition coefficient (Wildman–Crippen LogP) is 0.319. The lowest BCUT2D eigenvalue weighted by Crippen LogP contribution is -2.38. The van der Waals surface area contributed by atoms with Crippen LogP contribution in [0.25, 0.3) is 0 Å². The Morgan fingerprint density at radius 2 is 2.19 bits per heavy atom. The van der Waals surface area contributed by atoms with Crippen molar-refractivity contribution in [3.05, 3.63) is 0 Å². The molecule has 94 valence electrons. The molecule has 1 aliphatic carbocycles. The number of likely N-dealkylation sites (N-methyl/N-ethyl adjacent to an activating group) is 1. The summed E-state index contributed by atoms with van der Waals surface area (Å²) < 4.78 is 11.0. The monoisotopic (exact) mass is 228 g/mol. The number of nitrogens with zero attached hydrogens (tertiary/aromatic N) is 1. The first-order valence-corrected chi connectivity index (χ1v) is 6.35. The molecule has 0 amide bonds. The van der Waals surface area contributed by atoms with Gasteiger partial charge in [0.2, 0.25) is 0 Å². The molecule has 16 heavy (non-hydrogen) atoms. The molecule has 1 aliphatic heterocycles. The maximum absolute atomic E-state index is 5.95. The van der Waals surface area contributed by atoms with E-state index in [1.165, 1.54) is 12.8 Å². The molecular weight excluding hydrogens is 204 g/mol. The average Bonchev–Trinajstić information content (AvgIpc) is 3.00. The van der Waals surface area contributed by atoms with Gasteiger partial charge in [-0.25, -0.2) is 0 Å². The third-order valence-electron chi connectivity index (χ3n) is 3.46. The molecule has 1 saturated carbocycles. The lowest BCUT2D eigenvalue weighted by Gasteiger charge is -2.22. The summed E-state index contributed by atoms with van der Waals surface area (Å²) >= 11 is 0. The Bertz CT molecular complexity index is 209. The summed E-state index contributed by atoms with van der Waals surface area (Å²) in [5.41, 5.74) is 5.95. The van der Waals surface area contributed by atoms with Crippen molar-refractivity contribution in [3.63, 3.8) is 0 Å². The maximum atomic E-state index is 5.95. The topological polar surface area (TPSA) is 47.7 Å². The van der Waals surface area contributed by atoms with Crippen LogP contribution in [0.2, 0.25) is 0 Å². The van der Waals surface area contributed by atoms with Gasteiger partial charge in [-0.15, -0.1) is 0 Å². The molecule has 2 rings (SSSR count). The van der Waals surface area contributed by atoms with Gasteiger partial charge in [0.1, 0.15) is 0 Å². The molecular formula is C12H24N2O2. The van der Waals surface area contributed by atoms with E-state index in [0.29, 0.717) is 5.92 Å². The first-order chi connectivity index (χ1) is 7.75. The molecule has 2 aliphatic rings. The van der Waals surface area contributed by atoms with Crippen molar-refractivity contribution in [1.29, 1.82) is 0 Å². The number of nitrogens with two attached hydrogens (primary N) is 1. The molecule has 2 N–H and O–H groups in total. The highest BCUT2D eigenvalue weighted by Gasteiger charge is 2.25. The first-order valence-electron chi connectivity index (χ1n) is 6.35. The highest BCUT2D eigenvalue weighted by Crippen LogP contribution is 2.28. The largest absolute Gasteiger partial charge is 0.380 e. The zero-order chi connectivity index (χ0) is 11.4. The lowest BCUT2D eigenvalue weighted by atomic mass is 10.0. The van der Waals surface area contributed by atoms with Gasteiger partial charge in [0.05, 0.1) is 19.8 Å². The molecule has 4 heteroatoms. The van der Waals surface area contributed by atoms with Crippen LogP contribution in [0.1, 0.15) is 12.8 Å². The van der Waals surface area contributed by atoms with Crippen LogP contribution in [0.15, 0.2) is 0 Å². The van der Waals surface area contributed by atoms with Crippen LogP contribution < -0.4 is 5.73 Å². The standard InChI is InChI=1S/C12H24N2O2/c1-14(4-5-15-7-10-2-3-10)6-11-8-16-9-12(11)13/h10-12H,2-9,13H2,1H3. The Morgan fingerprint density at radius 1 is 1.38 bits per heavy atom. The van der Waals surface area contributed by atoms with Gasteiger partial charge in [0.15, 0.2) is 0 Å². The van der Waals surface area contributed by atoms with Crippen LogP contribution in [0, 0.1) is 11.8 Å². The predicted molar refractivity (Wildman–Crippen MR) is 63.3 cm³/mol. The molecule has 0 aromatic rings. The van der Waals surface area contributed by atoms with Crippen LogP contribution in [-0.4, -0.2) is 57.5 Å². The molecule has 1 saturated heterocycles. The van der Waals surface area contributed by atoms with Crippen molar-refractivity contribution in [2.75, 3.05) is 46.6 Å². The summed E-state index contributed by atoms with van der Waals surface area (Å²) in [5, 5.41) is 0. The molecule has 0 spiro atoms. The van der Waals surface area contributed by atoms with Crippen LogP contribution in [0.5, 0.6) is 0 Å². The second kappa shape index (κ2) is 5.96. The van der Waals surface area contributed by atoms with Gasteiger partial charge in [0.25, 0.3) is 0 Å². The summed E-state index contributed by atoms with van der Waals surface area (Å²) in [5.74, 6) is 1.36. The number of hydrogen-bond donors (Lipinski definition) is 1. The van der Waals surface area contributed by atoms with Gasteiger partial charge in [-0.3, -0.25) is 0 Å². The van der Waals surface area contributed by atoms with Crippen molar-refractivity contribution >= 4 is 0 Å². The smallest absolute Gasteiger partial charge is 0.0621 e. The van der Waals surface area contributed by atoms with Crippen molar-refractivity contribution in [1.82, 2.24) is 4.90 Å². The SMILES string of the molecule is CN(CCOCC1CC1)CC1COCC1N. The maximum Gasteiger partial charge on any atom is 0.0621 e. The molecule has 2 unspecified atom stereocenters. The van der Waals surface area contributed by atoms with Gasteiger partial charge in [-0.05, 0) is 25.8 Å². The third-order valence-corrected chi connectivity index (χ3v) is 3.46. The normalized spacial score (nSPS) is 30.2. The number of ether oxygens (including phenoxy) is 2. The first kappa shape index (κ1) is 12.3. The Kier molecular flexibility index (Phi) is 4.58. The second-order valence-corrected chi connectivity index (χ2v) is 5.24. The van der Waals surface area contributed by atoms with Gasteiger partial charge >= 0.3 is 0 Å². The van der Waals surface area contributed by atoms with E-state index in [2.05, 4.69) is 11.9 Å². The molecule has 0 aromatic heterocycles. The van der Waals surface area contributed by atoms with Crippen LogP contribution in [0.3, 0.4) is 0 Å². The highest BCUT2D eigenvalue weighted by molar-refractivity contribution is 4.80. The minimum atomic E-state index is 0.217. The summed E-state index contributed by atoms with van der Waals surface area (Å²) in [6.45, 7) is 5.35. The Hall–Kier alpha value is -0.160. The van der Waals surface area contributed by atoms with Crippen LogP contribution in [-0.2, 0) is 9.47 Å². The van der Waals surface area contributed by atoms with E-state index in [1.54, 1.807) is 0 Å². The average molecular weight is 228 g/mol. The minimum absolute atomic E-state index is 0.217. The summed E-state index contributed by atoms with van der Waals surface area (Å²) in [7, 11) is 2.13. The fourth-order valence-corrected chi connectivity index (χ4v) is 2.05. The molecule has 2 atom stereocenters. The minimum Gasteiger partial charge on any atom is -0.380 e. The fraction of sp³-hybridized carbons (Fsp3) is 1.00. The molecule has 0 aromatic carbocycles. The highest BCUT2D eigenvalue weighted by atomic mass is 16.5. The van der Waals surface area contributed by atoms with E-state index in [0.717, 1.165) is 45.4 Å². The Labute approximate surface area is 98.1 Å². The molecule has 4 nitrogen and oxygen atoms in total. The zero-order valence-corrected chi connectivity index (χ0v) is 10.2. The summed E-state index contributed by atoms with van der Waals surface area (Å²) in [4.78, 5) is 2.30. The molecule has 2 fully saturated rings. The number of hydrogen-bond acceptors (Lipinski definition) is 4. The number of rotatable bonds is 7. The van der Waals surface area contributed by atoms with Crippen molar-refractivity contribution in [2.45, 2.75) is 18.9 Å². The van der Waals surface area contributed by atoms with Crippen molar-refractivity contribution in [2.24, 2.45) is 17.6 Å². The third kappa shape index (κ3) is 4.01. The van der Waals surface area contributed by atoms with E-state index in [1.807, 2.05) is 0 Å². The lowest BCUT2D eigenvalue weighted by molar-refractivity contribution is 0.0969. The zero-order valence-electron chi connectivity index (χ0n) is 10.2. The Morgan fingerprint density at radius 3 is 2.81 bits per heavy atom. The van der Waals surface area contributed by atoms with Crippen LogP contribution in [0.4, 0.5) is 0 Å². The second-order valence-electron chi connectivity index (χ2n) is 5.24. The summed E-state index contributed by atoms with van der Waals surface area (Å²) in [6, 6.07) is 0.217. The van der Waals surface area contributed by atoms with Gasteiger partial charge < -0.3 is 20.1 Å². The van der Waals surface area contributed by atoms with E-state index in [-0.39, 0.29) is 6.04 Å². The molecule has 0 radical (unpaired) electrons. The van der Waals surface area contributed by atoms with Gasteiger partial charge in [-0.2, -0.15) is 0 Å². The Balaban J connectivity index is 1.51. The molecule has 1 heterocycles. The van der Waals surface area contributed by atoms with E-state index < -0.39 is 0 Å². The van der Waals surface area contributed by atoms with E-state index in [9.17, 15) is 0 Å². The van der Waals surface area contributed by atoms with E-state index in [4.69, 9.17) is 15.2 Å². The fourth-order valence-electron chi connectivity index (χ4n) is 2.05. The van der Waals surface area contributed by atoms with Gasteiger partial charge in [0, 0.05) is 31.7 Å². The van der Waals surface area contributed by atoms with Crippen LogP contribution >= 0.6 is 0 Å². The summed E-state index contributed by atoms with van der Waals surface area (Å²) in [6.07, 6.45) is 2.73.